The zero-order valence-corrected chi connectivity index (χ0v) is 7.40. The molecule has 0 radical (unpaired) electrons. The van der Waals surface area contributed by atoms with Gasteiger partial charge in [-0.15, -0.1) is 0 Å². The first kappa shape index (κ1) is 9.96. The van der Waals surface area contributed by atoms with Gasteiger partial charge in [-0.05, 0) is 23.8 Å². The van der Waals surface area contributed by atoms with Gasteiger partial charge in [0.05, 0.1) is 6.07 Å². The smallest absolute Gasteiger partial charge is 0.265 e. The first-order valence-corrected chi connectivity index (χ1v) is 3.95. The molecule has 70 valence electrons. The molecule has 0 fully saturated rings. The van der Waals surface area contributed by atoms with E-state index in [9.17, 15) is 4.79 Å². The molecule has 0 saturated carbocycles. The maximum absolute atomic E-state index is 11.0. The minimum Gasteiger partial charge on any atom is -0.290 e. The van der Waals surface area contributed by atoms with E-state index < -0.39 is 0 Å². The summed E-state index contributed by atoms with van der Waals surface area (Å²) >= 11 is 0. The summed E-state index contributed by atoms with van der Waals surface area (Å²) in [4.78, 5) is 11.0. The minimum atomic E-state index is -0.333. The zero-order chi connectivity index (χ0) is 10.4. The Labute approximate surface area is 81.6 Å². The summed E-state index contributed by atoms with van der Waals surface area (Å²) in [5, 5.41) is 8.29. The molecule has 0 atom stereocenters. The largest absolute Gasteiger partial charge is 0.290 e. The molecule has 0 heterocycles. The third-order valence-corrected chi connectivity index (χ3v) is 1.65. The fourth-order valence-corrected chi connectivity index (χ4v) is 0.962. The van der Waals surface area contributed by atoms with Crippen LogP contribution in [0.15, 0.2) is 30.3 Å². The summed E-state index contributed by atoms with van der Waals surface area (Å²) in [5.74, 6) is 4.63. The topological polar surface area (TPSA) is 78.9 Å². The van der Waals surface area contributed by atoms with Crippen LogP contribution >= 0.6 is 0 Å². The Balaban J connectivity index is 2.85. The monoisotopic (exact) mass is 187 g/mol. The van der Waals surface area contributed by atoms with E-state index in [4.69, 9.17) is 11.1 Å². The quantitative estimate of drug-likeness (QED) is 0.311. The average molecular weight is 187 g/mol. The summed E-state index contributed by atoms with van der Waals surface area (Å²) in [5.41, 5.74) is 3.38. The van der Waals surface area contributed by atoms with Crippen LogP contribution in [0.25, 0.3) is 6.08 Å². The van der Waals surface area contributed by atoms with Crippen molar-refractivity contribution in [2.75, 3.05) is 0 Å². The Hall–Kier alpha value is -2.12. The molecular formula is C10H9N3O. The van der Waals surface area contributed by atoms with Gasteiger partial charge in [-0.1, -0.05) is 12.1 Å². The molecule has 1 aromatic rings. The molecule has 3 N–H and O–H groups in total. The number of hydrogen-bond acceptors (Lipinski definition) is 3. The molecule has 1 amide bonds. The van der Waals surface area contributed by atoms with Gasteiger partial charge in [0.25, 0.3) is 5.91 Å². The van der Waals surface area contributed by atoms with Crippen LogP contribution in [0.2, 0.25) is 0 Å². The van der Waals surface area contributed by atoms with Crippen LogP contribution < -0.4 is 11.3 Å². The normalized spacial score (nSPS) is 9.71. The van der Waals surface area contributed by atoms with E-state index in [1.807, 2.05) is 11.5 Å². The lowest BCUT2D eigenvalue weighted by molar-refractivity contribution is 0.0953. The fraction of sp³-hybridized carbons (Fsp3) is 0. The SMILES string of the molecule is N#CC=Cc1ccc(C(=O)NN)cc1. The number of rotatable bonds is 2. The van der Waals surface area contributed by atoms with Crippen LogP contribution in [-0.4, -0.2) is 5.91 Å². The van der Waals surface area contributed by atoms with Crippen LogP contribution in [-0.2, 0) is 0 Å². The predicted molar refractivity (Wildman–Crippen MR) is 52.7 cm³/mol. The lowest BCUT2D eigenvalue weighted by Gasteiger charge is -1.98. The number of nitrogens with one attached hydrogen (secondary N) is 1. The van der Waals surface area contributed by atoms with E-state index in [2.05, 4.69) is 0 Å². The van der Waals surface area contributed by atoms with Gasteiger partial charge in [0.1, 0.15) is 0 Å². The van der Waals surface area contributed by atoms with Gasteiger partial charge in [0.2, 0.25) is 0 Å². The van der Waals surface area contributed by atoms with Crippen molar-refractivity contribution in [2.24, 2.45) is 5.84 Å². The van der Waals surface area contributed by atoms with E-state index >= 15 is 0 Å². The van der Waals surface area contributed by atoms with Gasteiger partial charge in [-0.25, -0.2) is 5.84 Å². The molecule has 0 bridgehead atoms. The maximum Gasteiger partial charge on any atom is 0.265 e. The molecule has 0 aliphatic heterocycles. The number of hydrogen-bond donors (Lipinski definition) is 2. The van der Waals surface area contributed by atoms with Gasteiger partial charge in [-0.3, -0.25) is 10.2 Å². The Morgan fingerprint density at radius 1 is 1.43 bits per heavy atom. The van der Waals surface area contributed by atoms with E-state index in [-0.39, 0.29) is 5.91 Å². The Morgan fingerprint density at radius 3 is 2.57 bits per heavy atom. The number of nitrogens with two attached hydrogens (primary N) is 1. The van der Waals surface area contributed by atoms with Crippen molar-refractivity contribution in [3.63, 3.8) is 0 Å². The third-order valence-electron chi connectivity index (χ3n) is 1.65. The molecule has 1 rings (SSSR count). The summed E-state index contributed by atoms with van der Waals surface area (Å²) in [6.45, 7) is 0. The lowest BCUT2D eigenvalue weighted by Crippen LogP contribution is -2.29. The number of allylic oxidation sites excluding steroid dienone is 1. The summed E-state index contributed by atoms with van der Waals surface area (Å²) in [6.07, 6.45) is 3.03. The highest BCUT2D eigenvalue weighted by molar-refractivity contribution is 5.93. The lowest BCUT2D eigenvalue weighted by atomic mass is 10.1. The molecule has 0 aliphatic carbocycles. The van der Waals surface area contributed by atoms with Crippen LogP contribution in [0.3, 0.4) is 0 Å². The Kier molecular flexibility index (Phi) is 3.41. The highest BCUT2D eigenvalue weighted by Gasteiger charge is 2.00. The van der Waals surface area contributed by atoms with Crippen molar-refractivity contribution in [1.82, 2.24) is 5.43 Å². The Bertz CT molecular complexity index is 387. The predicted octanol–water partition coefficient (Wildman–Crippen LogP) is 0.827. The van der Waals surface area contributed by atoms with Crippen LogP contribution in [0.5, 0.6) is 0 Å². The second kappa shape index (κ2) is 4.80. The number of carbonyl (C=O) groups is 1. The van der Waals surface area contributed by atoms with E-state index in [1.54, 1.807) is 30.3 Å². The highest BCUT2D eigenvalue weighted by Crippen LogP contribution is 2.05. The molecular weight excluding hydrogens is 178 g/mol. The summed E-state index contributed by atoms with van der Waals surface area (Å²) in [6, 6.07) is 8.63. The molecule has 0 aliphatic rings. The van der Waals surface area contributed by atoms with Gasteiger partial charge in [-0.2, -0.15) is 5.26 Å². The maximum atomic E-state index is 11.0. The first-order chi connectivity index (χ1) is 6.77. The first-order valence-electron chi connectivity index (χ1n) is 3.95. The molecule has 0 unspecified atom stereocenters. The number of benzene rings is 1. The van der Waals surface area contributed by atoms with E-state index in [1.165, 1.54) is 6.08 Å². The third kappa shape index (κ3) is 2.44. The average Bonchev–Trinajstić information content (AvgIpc) is 2.26. The summed E-state index contributed by atoms with van der Waals surface area (Å²) in [7, 11) is 0. The van der Waals surface area contributed by atoms with Crippen LogP contribution in [0.4, 0.5) is 0 Å². The minimum absolute atomic E-state index is 0.333. The van der Waals surface area contributed by atoms with Crippen LogP contribution in [0, 0.1) is 11.3 Å². The second-order valence-corrected chi connectivity index (χ2v) is 2.56. The number of carbonyl (C=O) groups excluding carboxylic acids is 1. The van der Waals surface area contributed by atoms with Crippen molar-refractivity contribution < 1.29 is 4.79 Å². The van der Waals surface area contributed by atoms with Crippen molar-refractivity contribution in [2.45, 2.75) is 0 Å². The molecule has 0 aromatic heterocycles. The number of nitrogen functional groups attached to an aromatic ring is 1. The number of amides is 1. The van der Waals surface area contributed by atoms with Gasteiger partial charge >= 0.3 is 0 Å². The van der Waals surface area contributed by atoms with Crippen molar-refractivity contribution in [3.05, 3.63) is 41.5 Å². The van der Waals surface area contributed by atoms with Gasteiger partial charge < -0.3 is 0 Å². The van der Waals surface area contributed by atoms with Crippen molar-refractivity contribution in [3.8, 4) is 6.07 Å². The highest BCUT2D eigenvalue weighted by atomic mass is 16.2. The van der Waals surface area contributed by atoms with Crippen LogP contribution in [0.1, 0.15) is 15.9 Å². The van der Waals surface area contributed by atoms with E-state index in [0.29, 0.717) is 5.56 Å². The molecule has 14 heavy (non-hydrogen) atoms. The molecule has 0 saturated heterocycles. The molecule has 4 heteroatoms. The second-order valence-electron chi connectivity index (χ2n) is 2.56. The van der Waals surface area contributed by atoms with Crippen molar-refractivity contribution >= 4 is 12.0 Å². The fourth-order valence-electron chi connectivity index (χ4n) is 0.962. The molecule has 1 aromatic carbocycles. The summed E-state index contributed by atoms with van der Waals surface area (Å²) < 4.78 is 0. The molecule has 4 nitrogen and oxygen atoms in total. The number of nitrogens with zero attached hydrogens (tertiary/aromatic N) is 1. The number of hydrazine groups is 1. The van der Waals surface area contributed by atoms with E-state index in [0.717, 1.165) is 5.56 Å². The molecule has 0 spiro atoms. The van der Waals surface area contributed by atoms with Gasteiger partial charge in [0.15, 0.2) is 0 Å². The van der Waals surface area contributed by atoms with Gasteiger partial charge in [0, 0.05) is 11.6 Å². The number of nitriles is 1. The van der Waals surface area contributed by atoms with Crippen molar-refractivity contribution in [1.29, 1.82) is 5.26 Å². The standard InChI is InChI=1S/C10H9N3O/c11-7-1-2-8-3-5-9(6-4-8)10(14)13-12/h1-6H,12H2,(H,13,14). The Morgan fingerprint density at radius 2 is 2.07 bits per heavy atom. The zero-order valence-electron chi connectivity index (χ0n) is 7.40.